The van der Waals surface area contributed by atoms with Gasteiger partial charge in [0.1, 0.15) is 17.3 Å². The van der Waals surface area contributed by atoms with Crippen LogP contribution in [0, 0.1) is 0 Å². The van der Waals surface area contributed by atoms with Crippen molar-refractivity contribution in [2.75, 3.05) is 19.3 Å². The minimum absolute atomic E-state index is 0.0504. The zero-order chi connectivity index (χ0) is 20.1. The van der Waals surface area contributed by atoms with Gasteiger partial charge >= 0.3 is 0 Å². The van der Waals surface area contributed by atoms with Gasteiger partial charge in [-0.1, -0.05) is 41.9 Å². The number of benzene rings is 2. The van der Waals surface area contributed by atoms with Crippen LogP contribution in [0.1, 0.15) is 12.5 Å². The summed E-state index contributed by atoms with van der Waals surface area (Å²) in [7, 11) is -1.61. The molecule has 0 aromatic heterocycles. The Morgan fingerprint density at radius 2 is 1.89 bits per heavy atom. The maximum Gasteiger partial charge on any atom is 0.236 e. The molecule has 2 aromatic rings. The van der Waals surface area contributed by atoms with Crippen molar-refractivity contribution in [2.45, 2.75) is 13.3 Å². The third-order valence-corrected chi connectivity index (χ3v) is 6.60. The van der Waals surface area contributed by atoms with Gasteiger partial charge < -0.3 is 10.1 Å². The first-order valence-electron chi connectivity index (χ1n) is 9.03. The van der Waals surface area contributed by atoms with E-state index in [4.69, 9.17) is 16.3 Å². The maximum atomic E-state index is 12.3. The molecule has 0 saturated heterocycles. The normalized spacial score (nSPS) is 14.3. The van der Waals surface area contributed by atoms with E-state index >= 15 is 0 Å². The highest BCUT2D eigenvalue weighted by Crippen LogP contribution is 2.33. The van der Waals surface area contributed by atoms with E-state index in [2.05, 4.69) is 5.32 Å². The third kappa shape index (κ3) is 4.51. The number of nitrogens with one attached hydrogen (secondary N) is 1. The highest BCUT2D eigenvalue weighted by atomic mass is 35.5. The second kappa shape index (κ2) is 8.71. The molecule has 1 heterocycles. The SMILES string of the molecule is CCS(=O)(=O)N1CC=C(Cc2c(Cl)cccc2Oc2ccccc2)C=C1NC. The van der Waals surface area contributed by atoms with Crippen molar-refractivity contribution in [1.29, 1.82) is 0 Å². The molecule has 0 atom stereocenters. The summed E-state index contributed by atoms with van der Waals surface area (Å²) in [6, 6.07) is 15.1. The molecule has 5 nitrogen and oxygen atoms in total. The summed E-state index contributed by atoms with van der Waals surface area (Å²) >= 11 is 6.46. The van der Waals surface area contributed by atoms with E-state index in [0.717, 1.165) is 16.9 Å². The Bertz CT molecular complexity index is 1000. The van der Waals surface area contributed by atoms with Crippen LogP contribution in [0.15, 0.2) is 72.1 Å². The van der Waals surface area contributed by atoms with Gasteiger partial charge in [0.25, 0.3) is 0 Å². The third-order valence-electron chi connectivity index (χ3n) is 4.49. The van der Waals surface area contributed by atoms with Gasteiger partial charge in [-0.15, -0.1) is 0 Å². The second-order valence-corrected chi connectivity index (χ2v) is 8.89. The molecule has 0 amide bonds. The summed E-state index contributed by atoms with van der Waals surface area (Å²) in [6.07, 6.45) is 4.28. The largest absolute Gasteiger partial charge is 0.457 e. The molecule has 0 radical (unpaired) electrons. The summed E-state index contributed by atoms with van der Waals surface area (Å²) in [4.78, 5) is 0. The number of hydrogen-bond donors (Lipinski definition) is 1. The van der Waals surface area contributed by atoms with E-state index in [1.165, 1.54) is 4.31 Å². The van der Waals surface area contributed by atoms with Crippen molar-refractivity contribution in [1.82, 2.24) is 9.62 Å². The van der Waals surface area contributed by atoms with Crippen LogP contribution < -0.4 is 10.1 Å². The van der Waals surface area contributed by atoms with Crippen LogP contribution in [0.2, 0.25) is 5.02 Å². The summed E-state index contributed by atoms with van der Waals surface area (Å²) in [5, 5.41) is 3.59. The zero-order valence-corrected chi connectivity index (χ0v) is 17.4. The van der Waals surface area contributed by atoms with Crippen LogP contribution in [0.4, 0.5) is 0 Å². The average Bonchev–Trinajstić information content (AvgIpc) is 2.71. The van der Waals surface area contributed by atoms with Gasteiger partial charge in [-0.05, 0) is 42.8 Å². The Kier molecular flexibility index (Phi) is 6.31. The summed E-state index contributed by atoms with van der Waals surface area (Å²) in [5.74, 6) is 2.02. The minimum atomic E-state index is -3.33. The van der Waals surface area contributed by atoms with E-state index in [0.29, 0.717) is 23.0 Å². The highest BCUT2D eigenvalue weighted by Gasteiger charge is 2.24. The van der Waals surface area contributed by atoms with Crippen LogP contribution in [0.25, 0.3) is 0 Å². The number of ether oxygens (including phenoxy) is 1. The first-order chi connectivity index (χ1) is 13.4. The molecule has 1 N–H and O–H groups in total. The zero-order valence-electron chi connectivity index (χ0n) is 15.9. The first-order valence-corrected chi connectivity index (χ1v) is 11.0. The van der Waals surface area contributed by atoms with E-state index in [1.54, 1.807) is 14.0 Å². The van der Waals surface area contributed by atoms with Crippen molar-refractivity contribution in [3.8, 4) is 11.5 Å². The monoisotopic (exact) mass is 418 g/mol. The Labute approximate surface area is 171 Å². The number of para-hydroxylation sites is 1. The molecule has 1 aliphatic heterocycles. The summed E-state index contributed by atoms with van der Waals surface area (Å²) in [5.41, 5.74) is 1.83. The summed E-state index contributed by atoms with van der Waals surface area (Å²) in [6.45, 7) is 1.93. The molecule has 0 saturated carbocycles. The summed E-state index contributed by atoms with van der Waals surface area (Å²) < 4.78 is 32.0. The van der Waals surface area contributed by atoms with Gasteiger partial charge in [0.2, 0.25) is 10.0 Å². The molecule has 0 unspecified atom stereocenters. The quantitative estimate of drug-likeness (QED) is 0.727. The molecule has 3 rings (SSSR count). The van der Waals surface area contributed by atoms with Crippen molar-refractivity contribution in [2.24, 2.45) is 0 Å². The van der Waals surface area contributed by atoms with Crippen LogP contribution in [0.3, 0.4) is 0 Å². The number of halogens is 1. The highest BCUT2D eigenvalue weighted by molar-refractivity contribution is 7.89. The second-order valence-electron chi connectivity index (χ2n) is 6.30. The number of hydrogen-bond acceptors (Lipinski definition) is 4. The van der Waals surface area contributed by atoms with Crippen molar-refractivity contribution >= 4 is 21.6 Å². The standard InChI is InChI=1S/C21H23ClN2O3S/c1-3-28(25,26)24-13-12-16(15-21(24)23-2)14-18-19(22)10-7-11-20(18)27-17-8-5-4-6-9-17/h4-12,15,23H,3,13-14H2,1-2H3. The van der Waals surface area contributed by atoms with E-state index in [9.17, 15) is 8.42 Å². The molecular weight excluding hydrogens is 396 g/mol. The molecular formula is C21H23ClN2O3S. The van der Waals surface area contributed by atoms with Gasteiger partial charge in [-0.25, -0.2) is 8.42 Å². The number of nitrogens with zero attached hydrogens (tertiary/aromatic N) is 1. The van der Waals surface area contributed by atoms with Crippen LogP contribution in [0.5, 0.6) is 11.5 Å². The van der Waals surface area contributed by atoms with Gasteiger partial charge in [0.05, 0.1) is 12.3 Å². The maximum absolute atomic E-state index is 12.3. The fraction of sp³-hybridized carbons (Fsp3) is 0.238. The lowest BCUT2D eigenvalue weighted by Gasteiger charge is -2.28. The van der Waals surface area contributed by atoms with Gasteiger partial charge in [0.15, 0.2) is 0 Å². The van der Waals surface area contributed by atoms with Crippen molar-refractivity contribution in [3.05, 3.63) is 82.7 Å². The Morgan fingerprint density at radius 1 is 1.14 bits per heavy atom. The minimum Gasteiger partial charge on any atom is -0.457 e. The molecule has 28 heavy (non-hydrogen) atoms. The smallest absolute Gasteiger partial charge is 0.236 e. The molecule has 0 fully saturated rings. The van der Waals surface area contributed by atoms with Crippen LogP contribution in [-0.4, -0.2) is 32.1 Å². The topological polar surface area (TPSA) is 58.6 Å². The van der Waals surface area contributed by atoms with E-state index in [-0.39, 0.29) is 12.3 Å². The molecule has 2 aromatic carbocycles. The van der Waals surface area contributed by atoms with Gasteiger partial charge in [-0.2, -0.15) is 0 Å². The van der Waals surface area contributed by atoms with E-state index < -0.39 is 10.0 Å². The predicted molar refractivity (Wildman–Crippen MR) is 113 cm³/mol. The molecule has 0 aliphatic carbocycles. The predicted octanol–water partition coefficient (Wildman–Crippen LogP) is 4.33. The Hall–Kier alpha value is -2.44. The number of rotatable bonds is 7. The first kappa shape index (κ1) is 20.3. The lowest BCUT2D eigenvalue weighted by atomic mass is 10.0. The molecule has 1 aliphatic rings. The van der Waals surface area contributed by atoms with Gasteiger partial charge in [0, 0.05) is 24.1 Å². The van der Waals surface area contributed by atoms with Crippen LogP contribution in [-0.2, 0) is 16.4 Å². The lowest BCUT2D eigenvalue weighted by Crippen LogP contribution is -2.38. The van der Waals surface area contributed by atoms with Gasteiger partial charge in [-0.3, -0.25) is 4.31 Å². The number of sulfonamides is 1. The molecule has 148 valence electrons. The molecule has 0 spiro atoms. The van der Waals surface area contributed by atoms with E-state index in [1.807, 2.05) is 60.7 Å². The lowest BCUT2D eigenvalue weighted by molar-refractivity contribution is 0.474. The van der Waals surface area contributed by atoms with Crippen LogP contribution >= 0.6 is 11.6 Å². The molecule has 7 heteroatoms. The number of allylic oxidation sites excluding steroid dienone is 2. The molecule has 0 bridgehead atoms. The fourth-order valence-electron chi connectivity index (χ4n) is 2.97. The Balaban J connectivity index is 1.87. The Morgan fingerprint density at radius 3 is 2.57 bits per heavy atom. The fourth-order valence-corrected chi connectivity index (χ4v) is 4.26. The van der Waals surface area contributed by atoms with Crippen molar-refractivity contribution in [3.63, 3.8) is 0 Å². The van der Waals surface area contributed by atoms with Crippen molar-refractivity contribution < 1.29 is 13.2 Å². The average molecular weight is 419 g/mol.